The van der Waals surface area contributed by atoms with Crippen LogP contribution in [0.4, 0.5) is 0 Å². The van der Waals surface area contributed by atoms with Gasteiger partial charge in [-0.3, -0.25) is 4.79 Å². The first-order chi connectivity index (χ1) is 13.8. The minimum absolute atomic E-state index is 0.167. The van der Waals surface area contributed by atoms with E-state index in [0.717, 1.165) is 5.56 Å². The van der Waals surface area contributed by atoms with E-state index in [9.17, 15) is 9.59 Å². The molecule has 1 amide bonds. The van der Waals surface area contributed by atoms with Gasteiger partial charge < -0.3 is 14.2 Å². The smallest absolute Gasteiger partial charge is 0.344 e. The lowest BCUT2D eigenvalue weighted by atomic mass is 10.2. The zero-order valence-electron chi connectivity index (χ0n) is 15.9. The van der Waals surface area contributed by atoms with Gasteiger partial charge in [0.15, 0.2) is 13.2 Å². The van der Waals surface area contributed by atoms with Gasteiger partial charge >= 0.3 is 5.97 Å². The van der Waals surface area contributed by atoms with E-state index in [4.69, 9.17) is 37.4 Å². The van der Waals surface area contributed by atoms with Gasteiger partial charge in [0, 0.05) is 5.02 Å². The van der Waals surface area contributed by atoms with Crippen molar-refractivity contribution in [2.75, 3.05) is 13.2 Å². The molecule has 0 spiro atoms. The topological polar surface area (TPSA) is 86.2 Å². The van der Waals surface area contributed by atoms with Crippen molar-refractivity contribution < 1.29 is 23.8 Å². The van der Waals surface area contributed by atoms with Crippen molar-refractivity contribution in [1.82, 2.24) is 5.43 Å². The molecule has 0 aliphatic heterocycles. The second kappa shape index (κ2) is 11.3. The third kappa shape index (κ3) is 8.41. The van der Waals surface area contributed by atoms with Crippen LogP contribution in [0.3, 0.4) is 0 Å². The van der Waals surface area contributed by atoms with Crippen LogP contribution in [0.5, 0.6) is 11.5 Å². The molecule has 9 heteroatoms. The van der Waals surface area contributed by atoms with Gasteiger partial charge in [0.05, 0.1) is 17.3 Å². The summed E-state index contributed by atoms with van der Waals surface area (Å²) >= 11 is 11.8. The molecular formula is C20H20Cl2N2O5. The molecule has 0 aliphatic carbocycles. The van der Waals surface area contributed by atoms with Crippen molar-refractivity contribution in [3.63, 3.8) is 0 Å². The van der Waals surface area contributed by atoms with Crippen LogP contribution in [0.2, 0.25) is 10.0 Å². The number of ether oxygens (including phenoxy) is 3. The fourth-order valence-electron chi connectivity index (χ4n) is 2.04. The van der Waals surface area contributed by atoms with E-state index in [-0.39, 0.29) is 19.3 Å². The molecule has 0 saturated heterocycles. The van der Waals surface area contributed by atoms with Crippen LogP contribution in [0, 0.1) is 0 Å². The predicted octanol–water partition coefficient (Wildman–Crippen LogP) is 3.85. The highest BCUT2D eigenvalue weighted by Crippen LogP contribution is 2.27. The molecule has 2 aromatic carbocycles. The first-order valence-electron chi connectivity index (χ1n) is 8.65. The van der Waals surface area contributed by atoms with Crippen LogP contribution >= 0.6 is 23.2 Å². The second-order valence-electron chi connectivity index (χ2n) is 6.05. The van der Waals surface area contributed by atoms with Gasteiger partial charge in [-0.05, 0) is 61.9 Å². The van der Waals surface area contributed by atoms with Crippen LogP contribution in [-0.2, 0) is 14.3 Å². The lowest BCUT2D eigenvalue weighted by Gasteiger charge is -2.09. The number of carbonyl (C=O) groups is 2. The molecule has 0 atom stereocenters. The minimum Gasteiger partial charge on any atom is -0.482 e. The highest BCUT2D eigenvalue weighted by molar-refractivity contribution is 6.35. The Bertz CT molecular complexity index is 870. The molecule has 2 aromatic rings. The summed E-state index contributed by atoms with van der Waals surface area (Å²) in [6.07, 6.45) is 1.28. The van der Waals surface area contributed by atoms with Gasteiger partial charge in [0.1, 0.15) is 11.5 Å². The molecule has 0 aromatic heterocycles. The number of hydrazone groups is 1. The summed E-state index contributed by atoms with van der Waals surface area (Å²) in [5.41, 5.74) is 3.08. The SMILES string of the molecule is CC(C)OC(=O)COc1ccc(/C=N/NC(=O)COc2ccc(Cl)cc2Cl)cc1. The Hall–Kier alpha value is -2.77. The summed E-state index contributed by atoms with van der Waals surface area (Å²) in [4.78, 5) is 23.2. The Balaban J connectivity index is 1.75. The Kier molecular flexibility index (Phi) is 8.76. The van der Waals surface area contributed by atoms with E-state index in [1.165, 1.54) is 12.3 Å². The molecule has 0 aliphatic rings. The second-order valence-corrected chi connectivity index (χ2v) is 6.90. The Labute approximate surface area is 178 Å². The van der Waals surface area contributed by atoms with Crippen molar-refractivity contribution in [2.45, 2.75) is 20.0 Å². The van der Waals surface area contributed by atoms with Crippen LogP contribution in [-0.4, -0.2) is 37.4 Å². The zero-order chi connectivity index (χ0) is 21.2. The fourth-order valence-corrected chi connectivity index (χ4v) is 2.50. The van der Waals surface area contributed by atoms with Gasteiger partial charge in [-0.2, -0.15) is 5.10 Å². The molecule has 0 radical (unpaired) electrons. The standard InChI is InChI=1S/C20H20Cl2N2O5/c1-13(2)29-20(26)12-27-16-6-3-14(4-7-16)10-23-24-19(25)11-28-18-8-5-15(21)9-17(18)22/h3-10,13H,11-12H2,1-2H3,(H,24,25)/b23-10+. The normalized spacial score (nSPS) is 10.8. The van der Waals surface area contributed by atoms with E-state index in [1.807, 2.05) is 0 Å². The number of hydrogen-bond donors (Lipinski definition) is 1. The monoisotopic (exact) mass is 438 g/mol. The van der Waals surface area contributed by atoms with Crippen molar-refractivity contribution in [2.24, 2.45) is 5.10 Å². The Morgan fingerprint density at radius 3 is 2.45 bits per heavy atom. The summed E-state index contributed by atoms with van der Waals surface area (Å²) in [7, 11) is 0. The molecule has 29 heavy (non-hydrogen) atoms. The van der Waals surface area contributed by atoms with Gasteiger partial charge in [0.25, 0.3) is 5.91 Å². The molecular weight excluding hydrogens is 419 g/mol. The number of amides is 1. The van der Waals surface area contributed by atoms with Gasteiger partial charge in [0.2, 0.25) is 0 Å². The maximum Gasteiger partial charge on any atom is 0.344 e. The van der Waals surface area contributed by atoms with Crippen LogP contribution in [0.15, 0.2) is 47.6 Å². The maximum atomic E-state index is 11.8. The first-order valence-corrected chi connectivity index (χ1v) is 9.41. The average Bonchev–Trinajstić information content (AvgIpc) is 2.66. The molecule has 154 valence electrons. The maximum absolute atomic E-state index is 11.8. The number of rotatable bonds is 9. The van der Waals surface area contributed by atoms with E-state index >= 15 is 0 Å². The molecule has 0 saturated carbocycles. The molecule has 1 N–H and O–H groups in total. The third-order valence-corrected chi connectivity index (χ3v) is 3.79. The number of esters is 1. The summed E-state index contributed by atoms with van der Waals surface area (Å²) in [5, 5.41) is 4.64. The van der Waals surface area contributed by atoms with E-state index in [1.54, 1.807) is 50.2 Å². The van der Waals surface area contributed by atoms with Crippen LogP contribution in [0.25, 0.3) is 0 Å². The minimum atomic E-state index is -0.448. The van der Waals surface area contributed by atoms with E-state index in [2.05, 4.69) is 10.5 Å². The molecule has 0 unspecified atom stereocenters. The summed E-state index contributed by atoms with van der Waals surface area (Å²) < 4.78 is 15.6. The Morgan fingerprint density at radius 2 is 1.79 bits per heavy atom. The number of nitrogens with one attached hydrogen (secondary N) is 1. The van der Waals surface area contributed by atoms with Crippen molar-refractivity contribution in [3.8, 4) is 11.5 Å². The van der Waals surface area contributed by atoms with Crippen LogP contribution < -0.4 is 14.9 Å². The third-order valence-electron chi connectivity index (χ3n) is 3.26. The van der Waals surface area contributed by atoms with E-state index < -0.39 is 11.9 Å². The van der Waals surface area contributed by atoms with Crippen molar-refractivity contribution in [1.29, 1.82) is 0 Å². The van der Waals surface area contributed by atoms with Gasteiger partial charge in [-0.1, -0.05) is 23.2 Å². The van der Waals surface area contributed by atoms with Gasteiger partial charge in [-0.25, -0.2) is 10.2 Å². The lowest BCUT2D eigenvalue weighted by molar-refractivity contribution is -0.149. The molecule has 0 fully saturated rings. The average molecular weight is 439 g/mol. The quantitative estimate of drug-likeness (QED) is 0.365. The summed E-state index contributed by atoms with van der Waals surface area (Å²) in [5.74, 6) is -0.0189. The highest BCUT2D eigenvalue weighted by Gasteiger charge is 2.07. The summed E-state index contributed by atoms with van der Waals surface area (Å²) in [6, 6.07) is 11.5. The largest absolute Gasteiger partial charge is 0.482 e. The fraction of sp³-hybridized carbons (Fsp3) is 0.250. The van der Waals surface area contributed by atoms with Crippen molar-refractivity contribution in [3.05, 3.63) is 58.1 Å². The number of benzene rings is 2. The molecule has 2 rings (SSSR count). The van der Waals surface area contributed by atoms with Crippen LogP contribution in [0.1, 0.15) is 19.4 Å². The van der Waals surface area contributed by atoms with E-state index in [0.29, 0.717) is 21.5 Å². The first kappa shape index (κ1) is 22.5. The van der Waals surface area contributed by atoms with Gasteiger partial charge in [-0.15, -0.1) is 0 Å². The number of nitrogens with zero attached hydrogens (tertiary/aromatic N) is 1. The molecule has 7 nitrogen and oxygen atoms in total. The molecule has 0 bridgehead atoms. The summed E-state index contributed by atoms with van der Waals surface area (Å²) in [6.45, 7) is 3.12. The zero-order valence-corrected chi connectivity index (χ0v) is 17.4. The molecule has 0 heterocycles. The Morgan fingerprint density at radius 1 is 1.07 bits per heavy atom. The lowest BCUT2D eigenvalue weighted by Crippen LogP contribution is -2.24. The predicted molar refractivity (Wildman–Crippen MR) is 111 cm³/mol. The number of hydrogen-bond acceptors (Lipinski definition) is 6. The highest BCUT2D eigenvalue weighted by atomic mass is 35.5. The number of halogens is 2. The number of carbonyl (C=O) groups excluding carboxylic acids is 2. The van der Waals surface area contributed by atoms with Crippen molar-refractivity contribution >= 4 is 41.3 Å².